The van der Waals surface area contributed by atoms with Crippen LogP contribution in [-0.2, 0) is 0 Å². The van der Waals surface area contributed by atoms with Gasteiger partial charge in [0.05, 0.1) is 0 Å². The van der Waals surface area contributed by atoms with Crippen LogP contribution in [-0.4, -0.2) is 12.1 Å². The van der Waals surface area contributed by atoms with E-state index in [0.717, 1.165) is 29.8 Å². The summed E-state index contributed by atoms with van der Waals surface area (Å²) in [7, 11) is 0. The maximum absolute atomic E-state index is 3.98. The molecule has 0 unspecified atom stereocenters. The van der Waals surface area contributed by atoms with E-state index in [1.165, 1.54) is 83.5 Å². The highest BCUT2D eigenvalue weighted by atomic mass is 15.0. The lowest BCUT2D eigenvalue weighted by atomic mass is 9.82. The minimum Gasteiger partial charge on any atom is -0.311 e. The highest BCUT2D eigenvalue weighted by molar-refractivity contribution is 4.96. The minimum absolute atomic E-state index is 0.817. The van der Waals surface area contributed by atoms with Crippen LogP contribution in [0.3, 0.4) is 0 Å². The third kappa shape index (κ3) is 5.11. The molecule has 0 aliphatic heterocycles. The summed E-state index contributed by atoms with van der Waals surface area (Å²) in [4.78, 5) is 0. The van der Waals surface area contributed by atoms with Crippen molar-refractivity contribution in [1.82, 2.24) is 5.32 Å². The fraction of sp³-hybridized carbons (Fsp3) is 0.905. The minimum atomic E-state index is 0.817. The standard InChI is InChI=1S/C21H37N/c1-17-7-13-20(14-8-17)22-21-15-11-19(12-16-21)10-9-18-5-3-2-4-6-18/h9-10,17-22H,2-8,11-16H2,1H3. The van der Waals surface area contributed by atoms with Crippen molar-refractivity contribution < 1.29 is 0 Å². The van der Waals surface area contributed by atoms with Crippen molar-refractivity contribution in [3.63, 3.8) is 0 Å². The molecule has 3 aliphatic carbocycles. The van der Waals surface area contributed by atoms with E-state index in [1.807, 2.05) is 0 Å². The van der Waals surface area contributed by atoms with Crippen molar-refractivity contribution in [3.8, 4) is 0 Å². The summed E-state index contributed by atoms with van der Waals surface area (Å²) in [6.45, 7) is 2.42. The van der Waals surface area contributed by atoms with E-state index in [-0.39, 0.29) is 0 Å². The lowest BCUT2D eigenvalue weighted by Crippen LogP contribution is -2.42. The van der Waals surface area contributed by atoms with Crippen LogP contribution in [0, 0.1) is 17.8 Å². The Morgan fingerprint density at radius 2 is 1.09 bits per heavy atom. The summed E-state index contributed by atoms with van der Waals surface area (Å²) in [6, 6.07) is 1.65. The van der Waals surface area contributed by atoms with Crippen molar-refractivity contribution in [2.24, 2.45) is 17.8 Å². The fourth-order valence-corrected chi connectivity index (χ4v) is 4.88. The van der Waals surface area contributed by atoms with Crippen molar-refractivity contribution >= 4 is 0 Å². The lowest BCUT2D eigenvalue weighted by molar-refractivity contribution is 0.247. The molecule has 0 aromatic rings. The van der Waals surface area contributed by atoms with Gasteiger partial charge >= 0.3 is 0 Å². The van der Waals surface area contributed by atoms with Gasteiger partial charge in [-0.25, -0.2) is 0 Å². The second kappa shape index (κ2) is 8.52. The molecule has 0 aromatic carbocycles. The monoisotopic (exact) mass is 303 g/mol. The predicted octanol–water partition coefficient (Wildman–Crippen LogP) is 5.85. The molecule has 1 nitrogen and oxygen atoms in total. The topological polar surface area (TPSA) is 12.0 Å². The Bertz CT molecular complexity index is 326. The zero-order valence-corrected chi connectivity index (χ0v) is 14.7. The number of hydrogen-bond donors (Lipinski definition) is 1. The SMILES string of the molecule is CC1CCC(NC2CCC(C=CC3CCCCC3)CC2)CC1. The lowest BCUT2D eigenvalue weighted by Gasteiger charge is -2.34. The Labute approximate surface area is 138 Å². The molecule has 0 amide bonds. The number of rotatable bonds is 4. The summed E-state index contributed by atoms with van der Waals surface area (Å²) in [5, 5.41) is 3.98. The molecule has 1 heteroatoms. The zero-order chi connectivity index (χ0) is 15.2. The first-order valence-corrected chi connectivity index (χ1v) is 10.2. The van der Waals surface area contributed by atoms with Crippen molar-refractivity contribution in [1.29, 1.82) is 0 Å². The smallest absolute Gasteiger partial charge is 0.00700 e. The first-order chi connectivity index (χ1) is 10.8. The molecule has 126 valence electrons. The predicted molar refractivity (Wildman–Crippen MR) is 96.0 cm³/mol. The largest absolute Gasteiger partial charge is 0.311 e. The van der Waals surface area contributed by atoms with E-state index < -0.39 is 0 Å². The van der Waals surface area contributed by atoms with E-state index in [4.69, 9.17) is 0 Å². The van der Waals surface area contributed by atoms with Crippen molar-refractivity contribution in [2.75, 3.05) is 0 Å². The van der Waals surface area contributed by atoms with Crippen LogP contribution in [0.5, 0.6) is 0 Å². The third-order valence-electron chi connectivity index (χ3n) is 6.56. The van der Waals surface area contributed by atoms with Gasteiger partial charge in [-0.15, -0.1) is 0 Å². The Balaban J connectivity index is 1.34. The molecule has 22 heavy (non-hydrogen) atoms. The van der Waals surface area contributed by atoms with E-state index in [2.05, 4.69) is 24.4 Å². The summed E-state index contributed by atoms with van der Waals surface area (Å²) in [5.74, 6) is 2.76. The Morgan fingerprint density at radius 1 is 0.591 bits per heavy atom. The van der Waals surface area contributed by atoms with Gasteiger partial charge in [0.15, 0.2) is 0 Å². The van der Waals surface area contributed by atoms with E-state index in [9.17, 15) is 0 Å². The summed E-state index contributed by atoms with van der Waals surface area (Å²) >= 11 is 0. The van der Waals surface area contributed by atoms with E-state index >= 15 is 0 Å². The molecule has 3 fully saturated rings. The maximum Gasteiger partial charge on any atom is 0.00700 e. The van der Waals surface area contributed by atoms with Crippen LogP contribution >= 0.6 is 0 Å². The number of nitrogens with one attached hydrogen (secondary N) is 1. The van der Waals surface area contributed by atoms with Crippen LogP contribution in [0.1, 0.15) is 90.4 Å². The molecule has 0 bridgehead atoms. The Hall–Kier alpha value is -0.300. The molecule has 0 spiro atoms. The molecule has 3 saturated carbocycles. The first kappa shape index (κ1) is 16.6. The van der Waals surface area contributed by atoms with E-state index in [0.29, 0.717) is 0 Å². The van der Waals surface area contributed by atoms with Gasteiger partial charge in [-0.1, -0.05) is 38.3 Å². The molecule has 0 saturated heterocycles. The van der Waals surface area contributed by atoms with Gasteiger partial charge in [-0.2, -0.15) is 0 Å². The molecular weight excluding hydrogens is 266 g/mol. The Morgan fingerprint density at radius 3 is 1.68 bits per heavy atom. The second-order valence-electron chi connectivity index (χ2n) is 8.52. The maximum atomic E-state index is 3.98. The summed E-state index contributed by atoms with van der Waals surface area (Å²) in [6.07, 6.45) is 23.9. The van der Waals surface area contributed by atoms with Crippen LogP contribution in [0.2, 0.25) is 0 Å². The first-order valence-electron chi connectivity index (χ1n) is 10.2. The molecule has 0 heterocycles. The van der Waals surface area contributed by atoms with Gasteiger partial charge in [0, 0.05) is 12.1 Å². The normalized spacial score (nSPS) is 38.4. The van der Waals surface area contributed by atoms with Crippen LogP contribution in [0.4, 0.5) is 0 Å². The summed E-state index contributed by atoms with van der Waals surface area (Å²) in [5.41, 5.74) is 0. The molecule has 3 rings (SSSR count). The van der Waals surface area contributed by atoms with Gasteiger partial charge in [0.1, 0.15) is 0 Å². The average molecular weight is 304 g/mol. The second-order valence-corrected chi connectivity index (χ2v) is 8.52. The molecule has 0 radical (unpaired) electrons. The van der Waals surface area contributed by atoms with Gasteiger partial charge < -0.3 is 5.32 Å². The van der Waals surface area contributed by atoms with Crippen LogP contribution < -0.4 is 5.32 Å². The van der Waals surface area contributed by atoms with Gasteiger partial charge in [-0.05, 0) is 82.0 Å². The van der Waals surface area contributed by atoms with Gasteiger partial charge in [-0.3, -0.25) is 0 Å². The van der Waals surface area contributed by atoms with E-state index in [1.54, 1.807) is 0 Å². The zero-order valence-electron chi connectivity index (χ0n) is 14.7. The highest BCUT2D eigenvalue weighted by Crippen LogP contribution is 2.30. The van der Waals surface area contributed by atoms with Crippen molar-refractivity contribution in [2.45, 2.75) is 102 Å². The number of hydrogen-bond acceptors (Lipinski definition) is 1. The average Bonchev–Trinajstić information content (AvgIpc) is 2.57. The fourth-order valence-electron chi connectivity index (χ4n) is 4.88. The van der Waals surface area contributed by atoms with Gasteiger partial charge in [0.2, 0.25) is 0 Å². The van der Waals surface area contributed by atoms with Crippen molar-refractivity contribution in [3.05, 3.63) is 12.2 Å². The summed E-state index contributed by atoms with van der Waals surface area (Å²) < 4.78 is 0. The van der Waals surface area contributed by atoms with Crippen LogP contribution in [0.25, 0.3) is 0 Å². The van der Waals surface area contributed by atoms with Crippen LogP contribution in [0.15, 0.2) is 12.2 Å². The molecule has 0 aromatic heterocycles. The highest BCUT2D eigenvalue weighted by Gasteiger charge is 2.24. The quantitative estimate of drug-likeness (QED) is 0.642. The molecule has 1 N–H and O–H groups in total. The third-order valence-corrected chi connectivity index (χ3v) is 6.56. The molecule has 0 atom stereocenters. The molecule has 3 aliphatic rings. The number of allylic oxidation sites excluding steroid dienone is 2. The van der Waals surface area contributed by atoms with Gasteiger partial charge in [0.25, 0.3) is 0 Å². The Kier molecular flexibility index (Phi) is 6.41. The molecular formula is C21H37N.